The molecule has 2 aromatic carbocycles. The number of hydrogen-bond donors (Lipinski definition) is 0. The second-order valence-corrected chi connectivity index (χ2v) is 6.97. The lowest BCUT2D eigenvalue weighted by Crippen LogP contribution is -2.43. The molecule has 1 aliphatic rings. The minimum absolute atomic E-state index is 0.219. The highest BCUT2D eigenvalue weighted by Crippen LogP contribution is 2.22. The van der Waals surface area contributed by atoms with E-state index in [1.807, 2.05) is 6.07 Å². The van der Waals surface area contributed by atoms with Crippen LogP contribution in [0.1, 0.15) is 24.8 Å². The Balaban J connectivity index is 1.51. The van der Waals surface area contributed by atoms with Crippen LogP contribution in [0.5, 0.6) is 0 Å². The van der Waals surface area contributed by atoms with Crippen LogP contribution in [0, 0.1) is 5.82 Å². The van der Waals surface area contributed by atoms with E-state index in [9.17, 15) is 9.18 Å². The number of piperidine rings is 1. The zero-order chi connectivity index (χ0) is 18.6. The van der Waals surface area contributed by atoms with Crippen LogP contribution in [0.2, 0.25) is 0 Å². The van der Waals surface area contributed by atoms with Crippen molar-refractivity contribution in [1.82, 2.24) is 14.7 Å². The van der Waals surface area contributed by atoms with Gasteiger partial charge in [0.2, 0.25) is 5.89 Å². The molecule has 3 aromatic rings. The van der Waals surface area contributed by atoms with E-state index in [1.165, 1.54) is 28.8 Å². The Morgan fingerprint density at radius 3 is 2.63 bits per heavy atom. The van der Waals surface area contributed by atoms with E-state index in [1.54, 1.807) is 12.1 Å². The summed E-state index contributed by atoms with van der Waals surface area (Å²) in [7, 11) is 0. The molecule has 0 radical (unpaired) electrons. The van der Waals surface area contributed by atoms with Gasteiger partial charge in [-0.2, -0.15) is 4.68 Å². The molecule has 0 N–H and O–H groups in total. The van der Waals surface area contributed by atoms with Crippen molar-refractivity contribution in [2.24, 2.45) is 0 Å². The Morgan fingerprint density at radius 2 is 1.85 bits per heavy atom. The van der Waals surface area contributed by atoms with Crippen molar-refractivity contribution in [3.63, 3.8) is 0 Å². The van der Waals surface area contributed by atoms with Gasteiger partial charge in [0.15, 0.2) is 0 Å². The van der Waals surface area contributed by atoms with E-state index < -0.39 is 5.76 Å². The third-order valence-electron chi connectivity index (χ3n) is 5.08. The lowest BCUT2D eigenvalue weighted by molar-refractivity contribution is 0.100. The molecule has 0 aliphatic carbocycles. The maximum atomic E-state index is 13.1. The van der Waals surface area contributed by atoms with Crippen LogP contribution in [0.4, 0.5) is 4.39 Å². The monoisotopic (exact) mass is 367 g/mol. The lowest BCUT2D eigenvalue weighted by atomic mass is 9.96. The molecule has 1 unspecified atom stereocenters. The molecule has 1 aliphatic heterocycles. The molecule has 2 heterocycles. The van der Waals surface area contributed by atoms with E-state index in [4.69, 9.17) is 4.42 Å². The maximum Gasteiger partial charge on any atom is 0.438 e. The third kappa shape index (κ3) is 4.17. The average Bonchev–Trinajstić information content (AvgIpc) is 3.05. The SMILES string of the molecule is O=c1oc(-c2ccc(F)cc2)nn1CN1CCCCC1Cc1ccccc1. The Hall–Kier alpha value is -2.73. The van der Waals surface area contributed by atoms with Crippen LogP contribution in [0.3, 0.4) is 0 Å². The van der Waals surface area contributed by atoms with E-state index >= 15 is 0 Å². The second kappa shape index (κ2) is 7.88. The van der Waals surface area contributed by atoms with Crippen molar-refractivity contribution in [1.29, 1.82) is 0 Å². The van der Waals surface area contributed by atoms with Crippen molar-refractivity contribution < 1.29 is 8.81 Å². The van der Waals surface area contributed by atoms with Crippen LogP contribution in [-0.2, 0) is 13.1 Å². The van der Waals surface area contributed by atoms with E-state index in [2.05, 4.69) is 34.3 Å². The Labute approximate surface area is 157 Å². The normalized spacial score (nSPS) is 17.9. The topological polar surface area (TPSA) is 51.3 Å². The molecule has 4 rings (SSSR count). The van der Waals surface area contributed by atoms with Crippen molar-refractivity contribution in [2.75, 3.05) is 6.54 Å². The standard InChI is InChI=1S/C21H22FN3O2/c22-18-11-9-17(10-12-18)20-23-25(21(26)27-20)15-24-13-5-4-8-19(24)14-16-6-2-1-3-7-16/h1-3,6-7,9-12,19H,4-5,8,13-15H2. The molecule has 27 heavy (non-hydrogen) atoms. The summed E-state index contributed by atoms with van der Waals surface area (Å²) in [5.74, 6) is -0.604. The average molecular weight is 367 g/mol. The smallest absolute Gasteiger partial charge is 0.388 e. The van der Waals surface area contributed by atoms with Crippen molar-refractivity contribution in [3.05, 3.63) is 76.5 Å². The van der Waals surface area contributed by atoms with Gasteiger partial charge < -0.3 is 4.42 Å². The second-order valence-electron chi connectivity index (χ2n) is 6.97. The van der Waals surface area contributed by atoms with Gasteiger partial charge >= 0.3 is 5.76 Å². The summed E-state index contributed by atoms with van der Waals surface area (Å²) in [6.07, 6.45) is 4.37. The predicted octanol–water partition coefficient (Wildman–Crippen LogP) is 3.70. The fourth-order valence-corrected chi connectivity index (χ4v) is 3.64. The number of benzene rings is 2. The number of hydrogen-bond acceptors (Lipinski definition) is 4. The van der Waals surface area contributed by atoms with Gasteiger partial charge in [0.05, 0.1) is 0 Å². The summed E-state index contributed by atoms with van der Waals surface area (Å²) >= 11 is 0. The van der Waals surface area contributed by atoms with E-state index in [0.29, 0.717) is 18.3 Å². The first-order valence-corrected chi connectivity index (χ1v) is 9.31. The molecule has 140 valence electrons. The molecule has 0 spiro atoms. The highest BCUT2D eigenvalue weighted by Gasteiger charge is 2.24. The lowest BCUT2D eigenvalue weighted by Gasteiger charge is -2.35. The molecular weight excluding hydrogens is 345 g/mol. The molecular formula is C21H22FN3O2. The zero-order valence-corrected chi connectivity index (χ0v) is 15.1. The number of halogens is 1. The van der Waals surface area contributed by atoms with Gasteiger partial charge in [-0.25, -0.2) is 9.18 Å². The molecule has 1 atom stereocenters. The summed E-state index contributed by atoms with van der Waals surface area (Å²) in [5.41, 5.74) is 1.89. The summed E-state index contributed by atoms with van der Waals surface area (Å²) in [6.45, 7) is 1.34. The molecule has 0 saturated carbocycles. The summed E-state index contributed by atoms with van der Waals surface area (Å²) in [5, 5.41) is 4.32. The van der Waals surface area contributed by atoms with Crippen LogP contribution in [-0.4, -0.2) is 27.3 Å². The quantitative estimate of drug-likeness (QED) is 0.690. The Bertz CT molecular complexity index is 934. The van der Waals surface area contributed by atoms with Crippen molar-refractivity contribution in [2.45, 2.75) is 38.4 Å². The third-order valence-corrected chi connectivity index (χ3v) is 5.08. The highest BCUT2D eigenvalue weighted by molar-refractivity contribution is 5.51. The number of aromatic nitrogens is 2. The van der Waals surface area contributed by atoms with Crippen LogP contribution in [0.15, 0.2) is 63.8 Å². The molecule has 1 fully saturated rings. The number of rotatable bonds is 5. The van der Waals surface area contributed by atoms with Crippen LogP contribution >= 0.6 is 0 Å². The molecule has 0 bridgehead atoms. The minimum Gasteiger partial charge on any atom is -0.388 e. The minimum atomic E-state index is -0.488. The van der Waals surface area contributed by atoms with Gasteiger partial charge in [0, 0.05) is 18.2 Å². The van der Waals surface area contributed by atoms with Crippen LogP contribution in [0.25, 0.3) is 11.5 Å². The van der Waals surface area contributed by atoms with Gasteiger partial charge in [-0.15, -0.1) is 5.10 Å². The van der Waals surface area contributed by atoms with E-state index in [-0.39, 0.29) is 11.7 Å². The van der Waals surface area contributed by atoms with Gasteiger partial charge in [0.25, 0.3) is 0 Å². The Morgan fingerprint density at radius 1 is 1.07 bits per heavy atom. The first kappa shape index (κ1) is 17.7. The summed E-state index contributed by atoms with van der Waals surface area (Å²) in [4.78, 5) is 14.6. The number of likely N-dealkylation sites (tertiary alicyclic amines) is 1. The van der Waals surface area contributed by atoms with Crippen molar-refractivity contribution >= 4 is 0 Å². The molecule has 6 heteroatoms. The molecule has 5 nitrogen and oxygen atoms in total. The largest absolute Gasteiger partial charge is 0.438 e. The fraction of sp³-hybridized carbons (Fsp3) is 0.333. The highest BCUT2D eigenvalue weighted by atomic mass is 19.1. The zero-order valence-electron chi connectivity index (χ0n) is 15.1. The molecule has 1 saturated heterocycles. The van der Waals surface area contributed by atoms with Gasteiger partial charge in [-0.1, -0.05) is 36.8 Å². The molecule has 0 amide bonds. The first-order chi connectivity index (χ1) is 13.2. The number of nitrogens with zero attached hydrogens (tertiary/aromatic N) is 3. The van der Waals surface area contributed by atoms with Gasteiger partial charge in [-0.05, 0) is 49.1 Å². The van der Waals surface area contributed by atoms with Crippen LogP contribution < -0.4 is 5.76 Å². The van der Waals surface area contributed by atoms with E-state index in [0.717, 1.165) is 25.8 Å². The van der Waals surface area contributed by atoms with Crippen molar-refractivity contribution in [3.8, 4) is 11.5 Å². The maximum absolute atomic E-state index is 13.1. The van der Waals surface area contributed by atoms with Gasteiger partial charge in [-0.3, -0.25) is 4.90 Å². The summed E-state index contributed by atoms with van der Waals surface area (Å²) < 4.78 is 19.7. The fourth-order valence-electron chi connectivity index (χ4n) is 3.64. The Kier molecular flexibility index (Phi) is 5.16. The first-order valence-electron chi connectivity index (χ1n) is 9.31. The summed E-state index contributed by atoms with van der Waals surface area (Å²) in [6, 6.07) is 16.6. The molecule has 1 aromatic heterocycles. The van der Waals surface area contributed by atoms with Gasteiger partial charge in [0.1, 0.15) is 12.5 Å². The predicted molar refractivity (Wildman–Crippen MR) is 101 cm³/mol.